The summed E-state index contributed by atoms with van der Waals surface area (Å²) in [7, 11) is 0. The van der Waals surface area contributed by atoms with Gasteiger partial charge in [0, 0.05) is 48.6 Å². The van der Waals surface area contributed by atoms with E-state index in [0.717, 1.165) is 78.5 Å². The molecule has 0 spiro atoms. The summed E-state index contributed by atoms with van der Waals surface area (Å²) in [6.07, 6.45) is 24.7. The Morgan fingerprint density at radius 3 is 0.790 bits per heavy atom. The Morgan fingerprint density at radius 1 is 0.294 bits per heavy atom. The van der Waals surface area contributed by atoms with Crippen molar-refractivity contribution in [1.82, 2.24) is 0 Å². The molecule has 6 rings (SSSR count). The fraction of sp³-hybridized carbons (Fsp3) is 0.314. The van der Waals surface area contributed by atoms with Crippen LogP contribution in [0.15, 0.2) is 304 Å². The van der Waals surface area contributed by atoms with Crippen molar-refractivity contribution in [2.24, 2.45) is 10.8 Å². The lowest BCUT2D eigenvalue weighted by Crippen LogP contribution is -2.44. The van der Waals surface area contributed by atoms with Gasteiger partial charge in [-0.25, -0.2) is 38.4 Å². The van der Waals surface area contributed by atoms with Crippen LogP contribution in [0.4, 0.5) is 0 Å². The Hall–Kier alpha value is -12.3. The van der Waals surface area contributed by atoms with Crippen molar-refractivity contribution in [1.29, 1.82) is 0 Å². The Morgan fingerprint density at radius 2 is 0.538 bits per heavy atom. The van der Waals surface area contributed by atoms with Gasteiger partial charge in [-0.05, 0) is 138 Å². The van der Waals surface area contributed by atoms with Crippen molar-refractivity contribution < 1.29 is 81.0 Å². The van der Waals surface area contributed by atoms with Crippen molar-refractivity contribution in [2.75, 3.05) is 59.5 Å². The predicted molar refractivity (Wildman–Crippen MR) is 487 cm³/mol. The van der Waals surface area contributed by atoms with E-state index in [2.05, 4.69) is 256 Å². The maximum Gasteiger partial charge on any atom is 0.335 e. The van der Waals surface area contributed by atoms with E-state index in [-0.39, 0.29) is 71.7 Å². The third-order valence-electron chi connectivity index (χ3n) is 18.1. The van der Waals surface area contributed by atoms with Gasteiger partial charge in [-0.3, -0.25) is 0 Å². The van der Waals surface area contributed by atoms with Gasteiger partial charge in [0.05, 0.1) is 43.9 Å². The molecule has 17 nitrogen and oxygen atoms in total. The summed E-state index contributed by atoms with van der Waals surface area (Å²) in [5.41, 5.74) is 7.67. The lowest BCUT2D eigenvalue weighted by molar-refractivity contribution is -0.163. The minimum Gasteiger partial charge on any atom is -0.463 e. The predicted octanol–water partition coefficient (Wildman–Crippen LogP) is 23.0. The number of hydrogen-bond donors (Lipinski definition) is 0. The van der Waals surface area contributed by atoms with Gasteiger partial charge in [0.2, 0.25) is 0 Å². The maximum absolute atomic E-state index is 11.9. The first kappa shape index (κ1) is 109. The van der Waals surface area contributed by atoms with Crippen LogP contribution in [-0.2, 0) is 76.3 Å². The Kier molecular flexibility index (Phi) is 62.9. The zero-order chi connectivity index (χ0) is 89.5. The fourth-order valence-electron chi connectivity index (χ4n) is 9.62. The highest BCUT2D eigenvalue weighted by Gasteiger charge is 2.39. The summed E-state index contributed by atoms with van der Waals surface area (Å²) in [5.74, 6) is -2.06. The molecular weight excluding hydrogens is 1500 g/mol. The van der Waals surface area contributed by atoms with E-state index in [9.17, 15) is 38.4 Å². The van der Waals surface area contributed by atoms with Crippen molar-refractivity contribution in [3.05, 3.63) is 349 Å². The van der Waals surface area contributed by atoms with Crippen molar-refractivity contribution in [3.8, 4) is 5.75 Å². The molecule has 0 bridgehead atoms. The Labute approximate surface area is 710 Å². The molecule has 0 fully saturated rings. The minimum absolute atomic E-state index is 0.0255. The van der Waals surface area contributed by atoms with E-state index in [1.54, 1.807) is 18.2 Å². The SMILES string of the molecule is C=CC(=O)OCCC(COCC(CCOC(=O)C=C)(COC(=O)C=C)COC(=O)C=C)(COC(=O)C=C)COC(=O)C=C.C=CC(=O)Oc1ccc(C=C)cc1.C=CCCCCOC(=O)C=C.C=Cc1ccc(C(C)CC)cc1.C=Cc1ccc(C=C)cc1.CCC(C)c1ccccc1.CCC(C)c1ccccc1.CCC(C)c1ccccc1. The number of benzene rings is 6. The summed E-state index contributed by atoms with van der Waals surface area (Å²) in [4.78, 5) is 92.1. The van der Waals surface area contributed by atoms with Gasteiger partial charge in [-0.2, -0.15) is 0 Å². The van der Waals surface area contributed by atoms with Crippen LogP contribution in [0, 0.1) is 10.8 Å². The second kappa shape index (κ2) is 68.8. The Bertz CT molecular complexity index is 3720. The lowest BCUT2D eigenvalue weighted by atomic mass is 9.85. The minimum atomic E-state index is -1.28. The average Bonchev–Trinajstić information content (AvgIpc) is 0.838. The monoisotopic (exact) mass is 1630 g/mol. The summed E-state index contributed by atoms with van der Waals surface area (Å²) in [6.45, 7) is 60.8. The third-order valence-corrected chi connectivity index (χ3v) is 18.1. The number of carbonyl (C=O) groups is 8. The van der Waals surface area contributed by atoms with Crippen LogP contribution < -0.4 is 4.74 Å². The molecule has 0 heterocycles. The molecule has 4 unspecified atom stereocenters. The highest BCUT2D eigenvalue weighted by Crippen LogP contribution is 2.31. The van der Waals surface area contributed by atoms with Gasteiger partial charge in [-0.15, -0.1) is 6.58 Å². The Balaban J connectivity index is 0. The van der Waals surface area contributed by atoms with Gasteiger partial charge < -0.3 is 42.6 Å². The molecule has 0 saturated heterocycles. The fourth-order valence-corrected chi connectivity index (χ4v) is 9.62. The van der Waals surface area contributed by atoms with E-state index in [4.69, 9.17) is 42.6 Å². The van der Waals surface area contributed by atoms with Gasteiger partial charge >= 0.3 is 47.8 Å². The molecule has 0 aliphatic rings. The molecule has 0 N–H and O–H groups in total. The molecular formula is C102H130O17. The number of unbranched alkanes of at least 4 members (excludes halogenated alkanes) is 2. The number of allylic oxidation sites excluding steroid dienone is 1. The van der Waals surface area contributed by atoms with Crippen LogP contribution in [0.2, 0.25) is 0 Å². The zero-order valence-electron chi connectivity index (χ0n) is 71.8. The smallest absolute Gasteiger partial charge is 0.335 e. The second-order valence-corrected chi connectivity index (χ2v) is 27.0. The molecule has 0 amide bonds. The largest absolute Gasteiger partial charge is 0.463 e. The summed E-state index contributed by atoms with van der Waals surface area (Å²) >= 11 is 0. The molecule has 0 aliphatic carbocycles. The van der Waals surface area contributed by atoms with Crippen LogP contribution in [0.3, 0.4) is 0 Å². The molecule has 119 heavy (non-hydrogen) atoms. The lowest BCUT2D eigenvalue weighted by Gasteiger charge is -2.36. The molecule has 17 heteroatoms. The van der Waals surface area contributed by atoms with E-state index >= 15 is 0 Å². The first-order chi connectivity index (χ1) is 57.2. The maximum atomic E-state index is 11.9. The number of ether oxygens (including phenoxy) is 9. The van der Waals surface area contributed by atoms with Crippen LogP contribution in [0.5, 0.6) is 5.75 Å². The molecule has 6 aromatic carbocycles. The highest BCUT2D eigenvalue weighted by atomic mass is 16.6. The van der Waals surface area contributed by atoms with E-state index in [1.807, 2.05) is 60.7 Å². The van der Waals surface area contributed by atoms with Gasteiger partial charge in [0.25, 0.3) is 0 Å². The van der Waals surface area contributed by atoms with Crippen LogP contribution >= 0.6 is 0 Å². The summed E-state index contributed by atoms with van der Waals surface area (Å²) in [6, 6.07) is 55.6. The molecule has 640 valence electrons. The molecule has 0 aliphatic heterocycles. The normalized spacial score (nSPS) is 10.9. The van der Waals surface area contributed by atoms with Gasteiger partial charge in [0.15, 0.2) is 0 Å². The number of hydrogen-bond acceptors (Lipinski definition) is 17. The van der Waals surface area contributed by atoms with E-state index in [0.29, 0.717) is 36.0 Å². The van der Waals surface area contributed by atoms with Crippen molar-refractivity contribution in [3.63, 3.8) is 0 Å². The van der Waals surface area contributed by atoms with Crippen LogP contribution in [0.25, 0.3) is 24.3 Å². The first-order valence-electron chi connectivity index (χ1n) is 39.7. The topological polar surface area (TPSA) is 220 Å². The van der Waals surface area contributed by atoms with Crippen molar-refractivity contribution in [2.45, 2.75) is 137 Å². The van der Waals surface area contributed by atoms with Crippen LogP contribution in [0.1, 0.15) is 181 Å². The summed E-state index contributed by atoms with van der Waals surface area (Å²) < 4.78 is 46.7. The molecule has 4 atom stereocenters. The number of esters is 8. The van der Waals surface area contributed by atoms with Gasteiger partial charge in [0.1, 0.15) is 32.2 Å². The standard InChI is InChI=1S/C30H38O13.C12H16.C11H10O2.3C10H14.C10H10.C9H14O2/c1-7-23(31)38-15-13-29(19-40-25(33)9-3,20-41-26(34)10-4)17-37-18-30(21-42-27(35)11-5,22-43-28(36)12-6)14-16-39-24(32)8-2;1-4-10(3)12-8-6-11(5-2)7-9-12;1-3-9-5-7-10(8-6-9)13-11(12)4-2;3*1-3-9(2)10-7-5-4-6-8-10;1-3-9-5-7-10(4-2)8-6-9;1-3-5-6-7-8-11-9(10)4-2/h7-12H,1-6,13-22H2;5-10H,2,4H2,1,3H3;3-8H,1-2H2;3*4-9H,3H2,1-2H3;3-8H,1-2H2;3-4H,1-2,5-8H2. The quantitative estimate of drug-likeness (QED) is 0.00867. The average molecular weight is 1630 g/mol. The molecule has 0 saturated carbocycles. The molecule has 6 aromatic rings. The van der Waals surface area contributed by atoms with Crippen molar-refractivity contribution >= 4 is 72.1 Å². The van der Waals surface area contributed by atoms with E-state index in [1.165, 1.54) is 59.6 Å². The van der Waals surface area contributed by atoms with E-state index < -0.39 is 52.6 Å². The number of rotatable bonds is 44. The zero-order valence-corrected chi connectivity index (χ0v) is 71.8. The van der Waals surface area contributed by atoms with Gasteiger partial charge in [-0.1, -0.05) is 316 Å². The molecule has 0 aromatic heterocycles. The third kappa shape index (κ3) is 52.8. The number of carbonyl (C=O) groups excluding carboxylic acids is 8. The second-order valence-electron chi connectivity index (χ2n) is 27.0. The first-order valence-corrected chi connectivity index (χ1v) is 39.7. The summed E-state index contributed by atoms with van der Waals surface area (Å²) in [5, 5.41) is 0. The molecule has 0 radical (unpaired) electrons. The highest BCUT2D eigenvalue weighted by molar-refractivity contribution is 5.84. The van der Waals surface area contributed by atoms with Crippen LogP contribution in [-0.4, -0.2) is 107 Å².